The predicted molar refractivity (Wildman–Crippen MR) is 64.2 cm³/mol. The molecular weight excluding hydrogens is 206 g/mol. The van der Waals surface area contributed by atoms with Gasteiger partial charge in [0, 0.05) is 0 Å². The number of nitrogen functional groups attached to an aromatic ring is 1. The Morgan fingerprint density at radius 1 is 1.33 bits per heavy atom. The van der Waals surface area contributed by atoms with Crippen LogP contribution in [0.25, 0.3) is 0 Å². The molecule has 0 aliphatic carbocycles. The van der Waals surface area contributed by atoms with Crippen LogP contribution in [-0.2, 0) is 6.61 Å². The molecule has 1 heterocycles. The third-order valence-electron chi connectivity index (χ3n) is 2.26. The van der Waals surface area contributed by atoms with Gasteiger partial charge in [-0.25, -0.2) is 0 Å². The molecule has 2 N–H and O–H groups in total. The van der Waals surface area contributed by atoms with Crippen LogP contribution < -0.4 is 10.5 Å². The second kappa shape index (κ2) is 4.36. The summed E-state index contributed by atoms with van der Waals surface area (Å²) in [5.74, 6) is 0.765. The Bertz CT molecular complexity index is 437. The maximum Gasteiger partial charge on any atom is 0.142 e. The first-order chi connectivity index (χ1) is 7.27. The van der Waals surface area contributed by atoms with E-state index in [9.17, 15) is 0 Å². The SMILES string of the molecule is Cc1cccc(OCc2ccsc2)c1N. The molecule has 0 fully saturated rings. The van der Waals surface area contributed by atoms with E-state index in [-0.39, 0.29) is 0 Å². The maximum absolute atomic E-state index is 5.90. The van der Waals surface area contributed by atoms with Crippen molar-refractivity contribution in [3.8, 4) is 5.75 Å². The minimum absolute atomic E-state index is 0.581. The molecule has 0 unspecified atom stereocenters. The normalized spacial score (nSPS) is 10.2. The van der Waals surface area contributed by atoms with Gasteiger partial charge in [-0.2, -0.15) is 11.3 Å². The van der Waals surface area contributed by atoms with Crippen LogP contribution in [0.4, 0.5) is 5.69 Å². The van der Waals surface area contributed by atoms with Crippen LogP contribution in [0.15, 0.2) is 35.0 Å². The molecule has 0 bridgehead atoms. The first kappa shape index (κ1) is 10.1. The van der Waals surface area contributed by atoms with E-state index in [4.69, 9.17) is 10.5 Å². The number of ether oxygens (including phenoxy) is 1. The van der Waals surface area contributed by atoms with Gasteiger partial charge in [0.1, 0.15) is 12.4 Å². The zero-order valence-corrected chi connectivity index (χ0v) is 9.38. The number of hydrogen-bond acceptors (Lipinski definition) is 3. The van der Waals surface area contributed by atoms with Gasteiger partial charge in [0.2, 0.25) is 0 Å². The lowest BCUT2D eigenvalue weighted by Gasteiger charge is -2.09. The van der Waals surface area contributed by atoms with E-state index in [1.165, 1.54) is 5.56 Å². The molecule has 2 nitrogen and oxygen atoms in total. The van der Waals surface area contributed by atoms with Crippen molar-refractivity contribution in [2.45, 2.75) is 13.5 Å². The van der Waals surface area contributed by atoms with E-state index in [1.54, 1.807) is 11.3 Å². The van der Waals surface area contributed by atoms with Crippen LogP contribution in [0.3, 0.4) is 0 Å². The minimum atomic E-state index is 0.581. The highest BCUT2D eigenvalue weighted by atomic mass is 32.1. The van der Waals surface area contributed by atoms with Gasteiger partial charge in [0.25, 0.3) is 0 Å². The fraction of sp³-hybridized carbons (Fsp3) is 0.167. The fourth-order valence-electron chi connectivity index (χ4n) is 1.32. The van der Waals surface area contributed by atoms with E-state index in [1.807, 2.05) is 30.5 Å². The number of para-hydroxylation sites is 1. The van der Waals surface area contributed by atoms with Crippen molar-refractivity contribution < 1.29 is 4.74 Å². The summed E-state index contributed by atoms with van der Waals surface area (Å²) < 4.78 is 5.64. The highest BCUT2D eigenvalue weighted by molar-refractivity contribution is 7.07. The average molecular weight is 219 g/mol. The molecule has 2 rings (SSSR count). The van der Waals surface area contributed by atoms with Crippen molar-refractivity contribution in [2.24, 2.45) is 0 Å². The molecule has 15 heavy (non-hydrogen) atoms. The topological polar surface area (TPSA) is 35.2 Å². The number of anilines is 1. The molecular formula is C12H13NOS. The van der Waals surface area contributed by atoms with Gasteiger partial charge in [-0.1, -0.05) is 12.1 Å². The first-order valence-corrected chi connectivity index (χ1v) is 5.70. The van der Waals surface area contributed by atoms with Crippen molar-refractivity contribution in [1.29, 1.82) is 0 Å². The molecule has 0 spiro atoms. The summed E-state index contributed by atoms with van der Waals surface area (Å²) in [6.45, 7) is 2.56. The quantitative estimate of drug-likeness (QED) is 0.804. The van der Waals surface area contributed by atoms with Gasteiger partial charge in [-0.05, 0) is 40.9 Å². The number of aryl methyl sites for hydroxylation is 1. The van der Waals surface area contributed by atoms with Gasteiger partial charge in [-0.3, -0.25) is 0 Å². The van der Waals surface area contributed by atoms with Crippen LogP contribution in [0.5, 0.6) is 5.75 Å². The van der Waals surface area contributed by atoms with E-state index >= 15 is 0 Å². The molecule has 0 radical (unpaired) electrons. The molecule has 1 aromatic heterocycles. The van der Waals surface area contributed by atoms with Crippen LogP contribution in [0.1, 0.15) is 11.1 Å². The summed E-state index contributed by atoms with van der Waals surface area (Å²) in [7, 11) is 0. The van der Waals surface area contributed by atoms with Crippen LogP contribution >= 0.6 is 11.3 Å². The van der Waals surface area contributed by atoms with E-state index in [0.717, 1.165) is 17.0 Å². The lowest BCUT2D eigenvalue weighted by atomic mass is 10.2. The summed E-state index contributed by atoms with van der Waals surface area (Å²) in [6, 6.07) is 7.88. The van der Waals surface area contributed by atoms with Gasteiger partial charge in [-0.15, -0.1) is 0 Å². The van der Waals surface area contributed by atoms with E-state index < -0.39 is 0 Å². The monoisotopic (exact) mass is 219 g/mol. The molecule has 0 amide bonds. The number of nitrogens with two attached hydrogens (primary N) is 1. The third kappa shape index (κ3) is 2.30. The van der Waals surface area contributed by atoms with Crippen molar-refractivity contribution in [3.63, 3.8) is 0 Å². The molecule has 3 heteroatoms. The molecule has 2 aromatic rings. The number of hydrogen-bond donors (Lipinski definition) is 1. The standard InChI is InChI=1S/C12H13NOS/c1-9-3-2-4-11(12(9)13)14-7-10-5-6-15-8-10/h2-6,8H,7,13H2,1H3. The minimum Gasteiger partial charge on any atom is -0.487 e. The smallest absolute Gasteiger partial charge is 0.142 e. The summed E-state index contributed by atoms with van der Waals surface area (Å²) in [6.07, 6.45) is 0. The Morgan fingerprint density at radius 3 is 2.93 bits per heavy atom. The van der Waals surface area contributed by atoms with E-state index in [2.05, 4.69) is 11.4 Å². The molecule has 0 atom stereocenters. The van der Waals surface area contributed by atoms with Gasteiger partial charge in [0.05, 0.1) is 5.69 Å². The highest BCUT2D eigenvalue weighted by Gasteiger charge is 2.02. The molecule has 0 saturated carbocycles. The summed E-state index contributed by atoms with van der Waals surface area (Å²) in [5, 5.41) is 4.12. The Balaban J connectivity index is 2.08. The zero-order valence-electron chi connectivity index (χ0n) is 8.57. The van der Waals surface area contributed by atoms with Gasteiger partial charge >= 0.3 is 0 Å². The van der Waals surface area contributed by atoms with Crippen molar-refractivity contribution in [2.75, 3.05) is 5.73 Å². The molecule has 0 saturated heterocycles. The third-order valence-corrected chi connectivity index (χ3v) is 2.99. The lowest BCUT2D eigenvalue weighted by Crippen LogP contribution is -1.99. The molecule has 1 aromatic carbocycles. The second-order valence-corrected chi connectivity index (χ2v) is 4.19. The van der Waals surface area contributed by atoms with Crippen molar-refractivity contribution in [3.05, 3.63) is 46.2 Å². The van der Waals surface area contributed by atoms with Gasteiger partial charge in [0.15, 0.2) is 0 Å². The Hall–Kier alpha value is -1.48. The average Bonchev–Trinajstić information content (AvgIpc) is 2.73. The summed E-state index contributed by atoms with van der Waals surface area (Å²) in [5.41, 5.74) is 8.86. The van der Waals surface area contributed by atoms with Crippen LogP contribution in [0, 0.1) is 6.92 Å². The Morgan fingerprint density at radius 2 is 2.20 bits per heavy atom. The first-order valence-electron chi connectivity index (χ1n) is 4.76. The predicted octanol–water partition coefficient (Wildman–Crippen LogP) is 3.22. The number of thiophene rings is 1. The van der Waals surface area contributed by atoms with Crippen molar-refractivity contribution in [1.82, 2.24) is 0 Å². The van der Waals surface area contributed by atoms with E-state index in [0.29, 0.717) is 6.61 Å². The fourth-order valence-corrected chi connectivity index (χ4v) is 1.97. The second-order valence-electron chi connectivity index (χ2n) is 3.41. The highest BCUT2D eigenvalue weighted by Crippen LogP contribution is 2.25. The van der Waals surface area contributed by atoms with Crippen LogP contribution in [-0.4, -0.2) is 0 Å². The number of benzene rings is 1. The molecule has 78 valence electrons. The maximum atomic E-state index is 5.90. The Labute approximate surface area is 93.3 Å². The number of rotatable bonds is 3. The largest absolute Gasteiger partial charge is 0.487 e. The zero-order chi connectivity index (χ0) is 10.7. The van der Waals surface area contributed by atoms with Crippen LogP contribution in [0.2, 0.25) is 0 Å². The molecule has 0 aliphatic rings. The lowest BCUT2D eigenvalue weighted by molar-refractivity contribution is 0.308. The summed E-state index contributed by atoms with van der Waals surface area (Å²) in [4.78, 5) is 0. The Kier molecular flexibility index (Phi) is 2.92. The van der Waals surface area contributed by atoms with Gasteiger partial charge < -0.3 is 10.5 Å². The molecule has 0 aliphatic heterocycles. The summed E-state index contributed by atoms with van der Waals surface area (Å²) >= 11 is 1.67. The van der Waals surface area contributed by atoms with Crippen molar-refractivity contribution >= 4 is 17.0 Å².